The van der Waals surface area contributed by atoms with Crippen molar-refractivity contribution in [2.75, 3.05) is 4.90 Å². The first-order valence-corrected chi connectivity index (χ1v) is 24.2. The molecular weight excluding hydrogens is 843 g/mol. The van der Waals surface area contributed by atoms with E-state index < -0.39 is 5.41 Å². The van der Waals surface area contributed by atoms with Gasteiger partial charge >= 0.3 is 0 Å². The van der Waals surface area contributed by atoms with Gasteiger partial charge in [0.1, 0.15) is 0 Å². The number of anilines is 3. The van der Waals surface area contributed by atoms with Crippen LogP contribution in [-0.2, 0) is 5.41 Å². The van der Waals surface area contributed by atoms with E-state index in [2.05, 4.69) is 290 Å². The van der Waals surface area contributed by atoms with Crippen LogP contribution in [0.25, 0.3) is 77.2 Å². The average Bonchev–Trinajstić information content (AvgIpc) is 3.75. The van der Waals surface area contributed by atoms with Crippen molar-refractivity contribution in [2.45, 2.75) is 5.41 Å². The van der Waals surface area contributed by atoms with Gasteiger partial charge in [-0.05, 0) is 125 Å². The molecular formula is C69H47N. The predicted molar refractivity (Wildman–Crippen MR) is 295 cm³/mol. The van der Waals surface area contributed by atoms with Gasteiger partial charge in [-0.15, -0.1) is 0 Å². The zero-order valence-electron chi connectivity index (χ0n) is 38.6. The maximum absolute atomic E-state index is 2.55. The average molecular weight is 890 g/mol. The third kappa shape index (κ3) is 6.78. The van der Waals surface area contributed by atoms with Crippen molar-refractivity contribution >= 4 is 38.6 Å². The SMILES string of the molecule is c1ccc(-c2cccc(-c3cccc(-c4c(N(c5cccc(-c6ccccc6)c5)c5ccc6c(c5)-c5ccccc5C6(c5ccccc5)c5ccccc5)c5ccccc5c5ccccc45)c3)c2)cc1. The van der Waals surface area contributed by atoms with Crippen LogP contribution in [0.3, 0.4) is 0 Å². The van der Waals surface area contributed by atoms with Crippen LogP contribution < -0.4 is 4.90 Å². The largest absolute Gasteiger partial charge is 0.309 e. The number of nitrogens with zero attached hydrogens (tertiary/aromatic N) is 1. The molecule has 12 aromatic rings. The number of hydrogen-bond donors (Lipinski definition) is 0. The molecule has 0 amide bonds. The molecule has 0 N–H and O–H groups in total. The quantitative estimate of drug-likeness (QED) is 0.131. The highest BCUT2D eigenvalue weighted by Gasteiger charge is 2.46. The third-order valence-electron chi connectivity index (χ3n) is 14.5. The lowest BCUT2D eigenvalue weighted by molar-refractivity contribution is 0.768. The summed E-state index contributed by atoms with van der Waals surface area (Å²) >= 11 is 0. The highest BCUT2D eigenvalue weighted by atomic mass is 15.1. The molecule has 1 nitrogen and oxygen atoms in total. The Balaban J connectivity index is 1.11. The molecule has 12 aromatic carbocycles. The van der Waals surface area contributed by atoms with Crippen LogP contribution in [0.5, 0.6) is 0 Å². The Morgan fingerprint density at radius 1 is 0.243 bits per heavy atom. The van der Waals surface area contributed by atoms with Gasteiger partial charge in [-0.2, -0.15) is 0 Å². The molecule has 0 saturated carbocycles. The minimum atomic E-state index is -0.510. The van der Waals surface area contributed by atoms with Gasteiger partial charge in [0.25, 0.3) is 0 Å². The molecule has 0 fully saturated rings. The summed E-state index contributed by atoms with van der Waals surface area (Å²) in [6, 6.07) is 105. The van der Waals surface area contributed by atoms with Gasteiger partial charge in [-0.25, -0.2) is 0 Å². The van der Waals surface area contributed by atoms with E-state index in [1.165, 1.54) is 88.3 Å². The van der Waals surface area contributed by atoms with E-state index in [1.807, 2.05) is 0 Å². The van der Waals surface area contributed by atoms with Crippen LogP contribution in [-0.4, -0.2) is 0 Å². The topological polar surface area (TPSA) is 3.24 Å². The van der Waals surface area contributed by atoms with Crippen molar-refractivity contribution in [3.05, 3.63) is 307 Å². The Hall–Kier alpha value is -9.04. The zero-order chi connectivity index (χ0) is 46.4. The van der Waals surface area contributed by atoms with Gasteiger partial charge in [0, 0.05) is 22.3 Å². The van der Waals surface area contributed by atoms with Crippen molar-refractivity contribution in [3.63, 3.8) is 0 Å². The van der Waals surface area contributed by atoms with Gasteiger partial charge in [0.2, 0.25) is 0 Å². The lowest BCUT2D eigenvalue weighted by atomic mass is 9.68. The lowest BCUT2D eigenvalue weighted by Crippen LogP contribution is -2.28. The maximum Gasteiger partial charge on any atom is 0.0713 e. The van der Waals surface area contributed by atoms with E-state index in [-0.39, 0.29) is 0 Å². The summed E-state index contributed by atoms with van der Waals surface area (Å²) < 4.78 is 0. The van der Waals surface area contributed by atoms with Crippen molar-refractivity contribution in [1.82, 2.24) is 0 Å². The summed E-state index contributed by atoms with van der Waals surface area (Å²) in [6.07, 6.45) is 0. The zero-order valence-corrected chi connectivity index (χ0v) is 38.6. The first-order valence-electron chi connectivity index (χ1n) is 24.2. The lowest BCUT2D eigenvalue weighted by Gasteiger charge is -2.34. The molecule has 1 heteroatoms. The summed E-state index contributed by atoms with van der Waals surface area (Å²) in [5, 5.41) is 4.83. The molecule has 0 aromatic heterocycles. The van der Waals surface area contributed by atoms with Gasteiger partial charge in [-0.3, -0.25) is 0 Å². The summed E-state index contributed by atoms with van der Waals surface area (Å²) in [6.45, 7) is 0. The van der Waals surface area contributed by atoms with Crippen LogP contribution >= 0.6 is 0 Å². The van der Waals surface area contributed by atoms with Crippen molar-refractivity contribution in [3.8, 4) is 55.6 Å². The van der Waals surface area contributed by atoms with E-state index in [0.29, 0.717) is 0 Å². The second-order valence-corrected chi connectivity index (χ2v) is 18.4. The molecule has 0 spiro atoms. The number of rotatable bonds is 9. The summed E-state index contributed by atoms with van der Waals surface area (Å²) in [5.41, 5.74) is 19.8. The highest BCUT2D eigenvalue weighted by molar-refractivity contribution is 6.22. The van der Waals surface area contributed by atoms with Gasteiger partial charge in [0.15, 0.2) is 0 Å². The van der Waals surface area contributed by atoms with Crippen LogP contribution in [0.1, 0.15) is 22.3 Å². The number of benzene rings is 12. The second-order valence-electron chi connectivity index (χ2n) is 18.4. The molecule has 1 aliphatic rings. The van der Waals surface area contributed by atoms with E-state index in [9.17, 15) is 0 Å². The fraction of sp³-hybridized carbons (Fsp3) is 0.0145. The summed E-state index contributed by atoms with van der Waals surface area (Å²) in [4.78, 5) is 2.55. The number of fused-ring (bicyclic) bond motifs is 6. The molecule has 0 saturated heterocycles. The van der Waals surface area contributed by atoms with Crippen molar-refractivity contribution in [2.24, 2.45) is 0 Å². The predicted octanol–water partition coefficient (Wildman–Crippen LogP) is 18.5. The van der Waals surface area contributed by atoms with Crippen LogP contribution in [0.4, 0.5) is 17.1 Å². The monoisotopic (exact) mass is 889 g/mol. The normalized spacial score (nSPS) is 12.4. The fourth-order valence-corrected chi connectivity index (χ4v) is 11.4. The molecule has 0 atom stereocenters. The Bertz CT molecular complexity index is 3840. The molecule has 70 heavy (non-hydrogen) atoms. The third-order valence-corrected chi connectivity index (χ3v) is 14.5. The maximum atomic E-state index is 2.55. The van der Waals surface area contributed by atoms with Crippen LogP contribution in [0.15, 0.2) is 285 Å². The molecule has 0 bridgehead atoms. The molecule has 328 valence electrons. The Labute approximate surface area is 409 Å². The smallest absolute Gasteiger partial charge is 0.0713 e. The van der Waals surface area contributed by atoms with E-state index >= 15 is 0 Å². The van der Waals surface area contributed by atoms with Crippen molar-refractivity contribution in [1.29, 1.82) is 0 Å². The molecule has 0 aliphatic heterocycles. The molecule has 0 heterocycles. The molecule has 0 radical (unpaired) electrons. The summed E-state index contributed by atoms with van der Waals surface area (Å²) in [5.74, 6) is 0. The molecule has 13 rings (SSSR count). The number of hydrogen-bond acceptors (Lipinski definition) is 1. The minimum absolute atomic E-state index is 0.510. The standard InChI is InChI=1S/C69H47N/c1-5-22-48(23-6-1)50-26-19-27-51(44-50)52-28-20-30-54(45-52)67-62-39-15-13-36-59(62)60-37-14-16-40-63(60)68(67)70(57-35-21-29-53(46-57)49-24-7-2-8-25-49)58-42-43-66-64(47-58)61-38-17-18-41-65(61)69(66,55-31-9-3-10-32-55)56-33-11-4-12-34-56/h1-47H. The minimum Gasteiger partial charge on any atom is -0.309 e. The molecule has 0 unspecified atom stereocenters. The van der Waals surface area contributed by atoms with E-state index in [1.54, 1.807) is 0 Å². The van der Waals surface area contributed by atoms with Gasteiger partial charge < -0.3 is 4.90 Å². The van der Waals surface area contributed by atoms with Crippen molar-refractivity contribution < 1.29 is 0 Å². The van der Waals surface area contributed by atoms with Crippen LogP contribution in [0, 0.1) is 0 Å². The first-order chi connectivity index (χ1) is 34.7. The Kier molecular flexibility index (Phi) is 10.1. The molecule has 1 aliphatic carbocycles. The second kappa shape index (κ2) is 17.2. The van der Waals surface area contributed by atoms with E-state index in [0.717, 1.165) is 28.2 Å². The summed E-state index contributed by atoms with van der Waals surface area (Å²) in [7, 11) is 0. The van der Waals surface area contributed by atoms with E-state index in [4.69, 9.17) is 0 Å². The van der Waals surface area contributed by atoms with Gasteiger partial charge in [-0.1, -0.05) is 249 Å². The van der Waals surface area contributed by atoms with Gasteiger partial charge in [0.05, 0.1) is 11.1 Å². The van der Waals surface area contributed by atoms with Crippen LogP contribution in [0.2, 0.25) is 0 Å². The first kappa shape index (κ1) is 41.2. The Morgan fingerprint density at radius 2 is 0.657 bits per heavy atom. The fourth-order valence-electron chi connectivity index (χ4n) is 11.4. The highest BCUT2D eigenvalue weighted by Crippen LogP contribution is 2.58. The Morgan fingerprint density at radius 3 is 1.29 bits per heavy atom.